The molecule has 0 spiro atoms. The number of hydrogen-bond acceptors (Lipinski definition) is 3. The van der Waals surface area contributed by atoms with Crippen LogP contribution in [-0.2, 0) is 4.79 Å². The first kappa shape index (κ1) is 17.2. The monoisotopic (exact) mass is 327 g/mol. The van der Waals surface area contributed by atoms with Crippen molar-refractivity contribution in [1.29, 1.82) is 0 Å². The van der Waals surface area contributed by atoms with Crippen molar-refractivity contribution in [3.8, 4) is 0 Å². The van der Waals surface area contributed by atoms with E-state index in [-0.39, 0.29) is 11.9 Å². The quantitative estimate of drug-likeness (QED) is 0.871. The van der Waals surface area contributed by atoms with Gasteiger partial charge in [0.2, 0.25) is 5.91 Å². The average molecular weight is 327 g/mol. The molecule has 2 fully saturated rings. The van der Waals surface area contributed by atoms with Gasteiger partial charge in [-0.15, -0.1) is 0 Å². The van der Waals surface area contributed by atoms with Gasteiger partial charge >= 0.3 is 0 Å². The largest absolute Gasteiger partial charge is 0.352 e. The summed E-state index contributed by atoms with van der Waals surface area (Å²) >= 11 is 0. The van der Waals surface area contributed by atoms with Crippen LogP contribution in [0.15, 0.2) is 35.9 Å². The molecule has 4 nitrogen and oxygen atoms in total. The van der Waals surface area contributed by atoms with Crippen molar-refractivity contribution in [2.45, 2.75) is 38.8 Å². The predicted molar refractivity (Wildman–Crippen MR) is 98.7 cm³/mol. The zero-order valence-electron chi connectivity index (χ0n) is 14.9. The minimum absolute atomic E-state index is 0.00583. The molecule has 0 aromatic heterocycles. The van der Waals surface area contributed by atoms with Gasteiger partial charge in [0.05, 0.1) is 6.04 Å². The smallest absolute Gasteiger partial charge is 0.237 e. The highest BCUT2D eigenvalue weighted by Crippen LogP contribution is 2.19. The molecule has 1 atom stereocenters. The van der Waals surface area contributed by atoms with Crippen LogP contribution in [0.1, 0.15) is 32.3 Å². The lowest BCUT2D eigenvalue weighted by Crippen LogP contribution is -2.54. The van der Waals surface area contributed by atoms with E-state index >= 15 is 0 Å². The molecule has 1 unspecified atom stereocenters. The Morgan fingerprint density at radius 3 is 2.50 bits per heavy atom. The second kappa shape index (κ2) is 7.95. The zero-order valence-corrected chi connectivity index (χ0v) is 14.9. The topological polar surface area (TPSA) is 35.6 Å². The molecule has 2 aliphatic rings. The van der Waals surface area contributed by atoms with Crippen LogP contribution in [0.4, 0.5) is 0 Å². The Balaban J connectivity index is 1.44. The molecule has 1 heterocycles. The molecular weight excluding hydrogens is 298 g/mol. The van der Waals surface area contributed by atoms with E-state index in [1.54, 1.807) is 0 Å². The lowest BCUT2D eigenvalue weighted by Gasteiger charge is -2.37. The van der Waals surface area contributed by atoms with Gasteiger partial charge < -0.3 is 5.32 Å². The normalized spacial score (nSPS) is 21.5. The lowest BCUT2D eigenvalue weighted by molar-refractivity contribution is -0.126. The van der Waals surface area contributed by atoms with Gasteiger partial charge in [-0.05, 0) is 32.3 Å². The van der Waals surface area contributed by atoms with E-state index in [9.17, 15) is 4.79 Å². The molecule has 0 bridgehead atoms. The van der Waals surface area contributed by atoms with Gasteiger partial charge in [-0.2, -0.15) is 0 Å². The van der Waals surface area contributed by atoms with Crippen molar-refractivity contribution < 1.29 is 4.79 Å². The Hall–Kier alpha value is -1.65. The fraction of sp³-hybridized carbons (Fsp3) is 0.550. The molecule has 4 heteroatoms. The fourth-order valence-corrected chi connectivity index (χ4v) is 3.26. The number of nitrogens with zero attached hydrogens (tertiary/aromatic N) is 2. The summed E-state index contributed by atoms with van der Waals surface area (Å²) in [6.07, 6.45) is 4.57. The first-order chi connectivity index (χ1) is 11.6. The van der Waals surface area contributed by atoms with E-state index in [0.717, 1.165) is 45.6 Å². The number of nitrogens with one attached hydrogen (secondary N) is 1. The number of carbonyl (C=O) groups excluding carboxylic acids is 1. The number of benzene rings is 1. The minimum atomic E-state index is -0.00583. The maximum absolute atomic E-state index is 12.2. The molecule has 3 rings (SSSR count). The van der Waals surface area contributed by atoms with Gasteiger partial charge in [0.25, 0.3) is 0 Å². The first-order valence-corrected chi connectivity index (χ1v) is 9.11. The van der Waals surface area contributed by atoms with E-state index in [1.807, 2.05) is 13.0 Å². The summed E-state index contributed by atoms with van der Waals surface area (Å²) in [5.74, 6) is 0.200. The van der Waals surface area contributed by atoms with E-state index < -0.39 is 0 Å². The predicted octanol–water partition coefficient (Wildman–Crippen LogP) is 2.37. The number of rotatable bonds is 6. The van der Waals surface area contributed by atoms with Gasteiger partial charge in [0, 0.05) is 38.8 Å². The van der Waals surface area contributed by atoms with E-state index in [1.165, 1.54) is 11.1 Å². The molecule has 1 aromatic carbocycles. The summed E-state index contributed by atoms with van der Waals surface area (Å²) in [4.78, 5) is 17.0. The van der Waals surface area contributed by atoms with Gasteiger partial charge in [0.15, 0.2) is 0 Å². The van der Waals surface area contributed by atoms with Crippen molar-refractivity contribution in [3.63, 3.8) is 0 Å². The minimum Gasteiger partial charge on any atom is -0.352 e. The summed E-state index contributed by atoms with van der Waals surface area (Å²) in [6.45, 7) is 9.24. The van der Waals surface area contributed by atoms with Crippen LogP contribution in [0.5, 0.6) is 0 Å². The fourth-order valence-electron chi connectivity index (χ4n) is 3.26. The molecule has 1 amide bonds. The van der Waals surface area contributed by atoms with Gasteiger partial charge in [-0.1, -0.05) is 42.0 Å². The Morgan fingerprint density at radius 2 is 1.88 bits per heavy atom. The highest BCUT2D eigenvalue weighted by Gasteiger charge is 2.29. The van der Waals surface area contributed by atoms with E-state index in [4.69, 9.17) is 0 Å². The molecule has 24 heavy (non-hydrogen) atoms. The Bertz CT molecular complexity index is 572. The second-order valence-electron chi connectivity index (χ2n) is 7.17. The highest BCUT2D eigenvalue weighted by atomic mass is 16.2. The molecular formula is C20H29N3O. The molecule has 1 aromatic rings. The molecule has 1 N–H and O–H groups in total. The van der Waals surface area contributed by atoms with Crippen molar-refractivity contribution in [1.82, 2.24) is 15.1 Å². The Labute approximate surface area is 145 Å². The summed E-state index contributed by atoms with van der Waals surface area (Å²) in [5.41, 5.74) is 2.65. The lowest BCUT2D eigenvalue weighted by atomic mass is 10.1. The van der Waals surface area contributed by atoms with Crippen molar-refractivity contribution in [3.05, 3.63) is 41.5 Å². The van der Waals surface area contributed by atoms with Gasteiger partial charge in [-0.25, -0.2) is 0 Å². The van der Waals surface area contributed by atoms with Crippen molar-refractivity contribution >= 4 is 12.0 Å². The first-order valence-electron chi connectivity index (χ1n) is 9.11. The number of carbonyl (C=O) groups is 1. The van der Waals surface area contributed by atoms with Crippen LogP contribution >= 0.6 is 0 Å². The third-order valence-electron chi connectivity index (χ3n) is 4.94. The summed E-state index contributed by atoms with van der Waals surface area (Å²) in [7, 11) is 0. The third kappa shape index (κ3) is 4.92. The second-order valence-corrected chi connectivity index (χ2v) is 7.17. The van der Waals surface area contributed by atoms with E-state index in [0.29, 0.717) is 6.04 Å². The average Bonchev–Trinajstić information content (AvgIpc) is 3.39. The van der Waals surface area contributed by atoms with Crippen LogP contribution in [0.3, 0.4) is 0 Å². The molecule has 0 radical (unpaired) electrons. The maximum atomic E-state index is 12.2. The molecule has 1 aliphatic carbocycles. The SMILES string of the molecule is C/C(=C\c1ccccc1)CN1CCN(C(C)C(=O)NC2CC2)CC1. The van der Waals surface area contributed by atoms with Crippen molar-refractivity contribution in [2.75, 3.05) is 32.7 Å². The molecule has 1 aliphatic heterocycles. The summed E-state index contributed by atoms with van der Waals surface area (Å²) < 4.78 is 0. The molecule has 1 saturated carbocycles. The maximum Gasteiger partial charge on any atom is 0.237 e. The third-order valence-corrected chi connectivity index (χ3v) is 4.94. The molecule has 130 valence electrons. The summed E-state index contributed by atoms with van der Waals surface area (Å²) in [5, 5.41) is 3.12. The zero-order chi connectivity index (χ0) is 16.9. The van der Waals surface area contributed by atoms with Crippen LogP contribution in [0.2, 0.25) is 0 Å². The van der Waals surface area contributed by atoms with Gasteiger partial charge in [-0.3, -0.25) is 14.6 Å². The van der Waals surface area contributed by atoms with Crippen molar-refractivity contribution in [2.24, 2.45) is 0 Å². The van der Waals surface area contributed by atoms with E-state index in [2.05, 4.69) is 52.4 Å². The van der Waals surface area contributed by atoms with Crippen LogP contribution in [0, 0.1) is 0 Å². The van der Waals surface area contributed by atoms with Crippen LogP contribution in [-0.4, -0.2) is 60.5 Å². The Kier molecular flexibility index (Phi) is 5.69. The number of amides is 1. The summed E-state index contributed by atoms with van der Waals surface area (Å²) in [6, 6.07) is 10.9. The van der Waals surface area contributed by atoms with Gasteiger partial charge in [0.1, 0.15) is 0 Å². The van der Waals surface area contributed by atoms with Crippen LogP contribution < -0.4 is 5.32 Å². The number of piperazine rings is 1. The standard InChI is InChI=1S/C20H29N3O/c1-16(14-18-6-4-3-5-7-18)15-22-10-12-23(13-11-22)17(2)20(24)21-19-8-9-19/h3-7,14,17,19H,8-13,15H2,1-2H3,(H,21,24)/b16-14+. The highest BCUT2D eigenvalue weighted by molar-refractivity contribution is 5.81. The Morgan fingerprint density at radius 1 is 1.21 bits per heavy atom. The molecule has 1 saturated heterocycles. The van der Waals surface area contributed by atoms with Crippen LogP contribution in [0.25, 0.3) is 6.08 Å². The number of hydrogen-bond donors (Lipinski definition) is 1.